The highest BCUT2D eigenvalue weighted by atomic mass is 16.2. The van der Waals surface area contributed by atoms with Gasteiger partial charge < -0.3 is 0 Å². The van der Waals surface area contributed by atoms with Gasteiger partial charge in [0.25, 0.3) is 5.91 Å². The van der Waals surface area contributed by atoms with Crippen LogP contribution in [0.1, 0.15) is 13.8 Å². The Morgan fingerprint density at radius 1 is 1.56 bits per heavy atom. The number of carbonyl (C=O) groups excluding carboxylic acids is 1. The van der Waals surface area contributed by atoms with Crippen molar-refractivity contribution in [3.8, 4) is 0 Å². The van der Waals surface area contributed by atoms with Crippen LogP contribution in [0.4, 0.5) is 0 Å². The average Bonchev–Trinajstić information content (AvgIpc) is 1.87. The standard InChI is InChI=1S/C6H12N2O/c1-4-5(2)6(9)8-7-3/h4,7H,1-3H3,(H,8,9). The molecule has 0 saturated heterocycles. The predicted molar refractivity (Wildman–Crippen MR) is 36.6 cm³/mol. The number of hydrogen-bond donors (Lipinski definition) is 2. The predicted octanol–water partition coefficient (Wildman–Crippen LogP) is 0.203. The molecule has 0 aliphatic rings. The topological polar surface area (TPSA) is 41.1 Å². The van der Waals surface area contributed by atoms with Crippen LogP contribution in [-0.4, -0.2) is 13.0 Å². The molecule has 0 radical (unpaired) electrons. The number of hydrogen-bond acceptors (Lipinski definition) is 2. The van der Waals surface area contributed by atoms with Crippen LogP contribution >= 0.6 is 0 Å². The zero-order chi connectivity index (χ0) is 7.28. The van der Waals surface area contributed by atoms with E-state index in [0.717, 1.165) is 0 Å². The third kappa shape index (κ3) is 2.87. The summed E-state index contributed by atoms with van der Waals surface area (Å²) in [5.74, 6) is -0.0833. The molecule has 2 N–H and O–H groups in total. The number of hydrazine groups is 1. The van der Waals surface area contributed by atoms with E-state index in [1.807, 2.05) is 6.92 Å². The molecule has 0 saturated carbocycles. The van der Waals surface area contributed by atoms with Crippen molar-refractivity contribution >= 4 is 5.91 Å². The molecule has 3 heteroatoms. The molecule has 9 heavy (non-hydrogen) atoms. The molecule has 0 aliphatic carbocycles. The Kier molecular flexibility index (Phi) is 3.71. The van der Waals surface area contributed by atoms with Crippen LogP contribution < -0.4 is 10.9 Å². The quantitative estimate of drug-likeness (QED) is 0.412. The van der Waals surface area contributed by atoms with Crippen LogP contribution in [0.3, 0.4) is 0 Å². The Balaban J connectivity index is 3.74. The second-order valence-electron chi connectivity index (χ2n) is 1.68. The number of carbonyl (C=O) groups is 1. The van der Waals surface area contributed by atoms with E-state index in [4.69, 9.17) is 0 Å². The van der Waals surface area contributed by atoms with E-state index in [0.29, 0.717) is 5.57 Å². The Labute approximate surface area is 55.1 Å². The molecule has 0 fully saturated rings. The molecule has 0 atom stereocenters. The second-order valence-corrected chi connectivity index (χ2v) is 1.68. The van der Waals surface area contributed by atoms with Crippen LogP contribution in [0, 0.1) is 0 Å². The third-order valence-corrected chi connectivity index (χ3v) is 1.03. The van der Waals surface area contributed by atoms with E-state index in [2.05, 4.69) is 10.9 Å². The summed E-state index contributed by atoms with van der Waals surface area (Å²) < 4.78 is 0. The zero-order valence-corrected chi connectivity index (χ0v) is 5.99. The summed E-state index contributed by atoms with van der Waals surface area (Å²) in [7, 11) is 1.65. The number of allylic oxidation sites excluding steroid dienone is 1. The van der Waals surface area contributed by atoms with E-state index in [9.17, 15) is 4.79 Å². The number of rotatable bonds is 2. The molecule has 0 aromatic carbocycles. The molecule has 0 unspecified atom stereocenters. The third-order valence-electron chi connectivity index (χ3n) is 1.03. The lowest BCUT2D eigenvalue weighted by molar-refractivity contribution is -0.118. The molecule has 0 rings (SSSR count). The SMILES string of the molecule is CC=C(C)C(=O)NNC. The van der Waals surface area contributed by atoms with Crippen molar-refractivity contribution in [3.63, 3.8) is 0 Å². The highest BCUT2D eigenvalue weighted by molar-refractivity contribution is 5.92. The molecule has 1 amide bonds. The Morgan fingerprint density at radius 3 is 2.44 bits per heavy atom. The van der Waals surface area contributed by atoms with Crippen molar-refractivity contribution in [2.75, 3.05) is 7.05 Å². The highest BCUT2D eigenvalue weighted by Crippen LogP contribution is 1.88. The molecule has 3 nitrogen and oxygen atoms in total. The maximum Gasteiger partial charge on any atom is 0.260 e. The molecule has 0 aromatic rings. The maximum atomic E-state index is 10.7. The summed E-state index contributed by atoms with van der Waals surface area (Å²) in [6, 6.07) is 0. The van der Waals surface area contributed by atoms with Gasteiger partial charge in [-0.15, -0.1) is 0 Å². The minimum atomic E-state index is -0.0833. The molecule has 0 heterocycles. The molecule has 0 spiro atoms. The van der Waals surface area contributed by atoms with E-state index >= 15 is 0 Å². The molecular formula is C6H12N2O. The van der Waals surface area contributed by atoms with Gasteiger partial charge in [0.05, 0.1) is 0 Å². The maximum absolute atomic E-state index is 10.7. The summed E-state index contributed by atoms with van der Waals surface area (Å²) >= 11 is 0. The first-order chi connectivity index (χ1) is 4.22. The van der Waals surface area contributed by atoms with Crippen molar-refractivity contribution in [1.82, 2.24) is 10.9 Å². The van der Waals surface area contributed by atoms with Crippen LogP contribution in [0.5, 0.6) is 0 Å². The van der Waals surface area contributed by atoms with Crippen molar-refractivity contribution in [3.05, 3.63) is 11.6 Å². The molecular weight excluding hydrogens is 116 g/mol. The van der Waals surface area contributed by atoms with Gasteiger partial charge in [-0.25, -0.2) is 5.43 Å². The molecule has 0 bridgehead atoms. The zero-order valence-electron chi connectivity index (χ0n) is 5.99. The lowest BCUT2D eigenvalue weighted by Gasteiger charge is -2.00. The van der Waals surface area contributed by atoms with Gasteiger partial charge in [-0.3, -0.25) is 10.2 Å². The summed E-state index contributed by atoms with van der Waals surface area (Å²) in [6.07, 6.45) is 1.76. The normalized spacial score (nSPS) is 11.2. The largest absolute Gasteiger partial charge is 0.288 e. The second kappa shape index (κ2) is 4.09. The molecule has 0 aliphatic heterocycles. The van der Waals surface area contributed by atoms with E-state index in [1.54, 1.807) is 20.0 Å². The highest BCUT2D eigenvalue weighted by Gasteiger charge is 1.97. The smallest absolute Gasteiger partial charge is 0.260 e. The van der Waals surface area contributed by atoms with Gasteiger partial charge in [-0.05, 0) is 13.8 Å². The first-order valence-electron chi connectivity index (χ1n) is 2.82. The van der Waals surface area contributed by atoms with E-state index in [1.165, 1.54) is 0 Å². The fraction of sp³-hybridized carbons (Fsp3) is 0.500. The Bertz CT molecular complexity index is 129. The van der Waals surface area contributed by atoms with Crippen LogP contribution in [0.25, 0.3) is 0 Å². The minimum absolute atomic E-state index is 0.0833. The first kappa shape index (κ1) is 8.17. The fourth-order valence-corrected chi connectivity index (χ4v) is 0.343. The number of amides is 1. The van der Waals surface area contributed by atoms with Gasteiger partial charge in [-0.1, -0.05) is 6.08 Å². The average molecular weight is 128 g/mol. The Hall–Kier alpha value is -0.830. The van der Waals surface area contributed by atoms with Crippen molar-refractivity contribution in [2.24, 2.45) is 0 Å². The van der Waals surface area contributed by atoms with Crippen LogP contribution in [-0.2, 0) is 4.79 Å². The summed E-state index contributed by atoms with van der Waals surface area (Å²) in [6.45, 7) is 3.58. The minimum Gasteiger partial charge on any atom is -0.288 e. The fourth-order valence-electron chi connectivity index (χ4n) is 0.343. The van der Waals surface area contributed by atoms with Gasteiger partial charge in [-0.2, -0.15) is 0 Å². The van der Waals surface area contributed by atoms with Gasteiger partial charge in [0.1, 0.15) is 0 Å². The van der Waals surface area contributed by atoms with Crippen molar-refractivity contribution < 1.29 is 4.79 Å². The Morgan fingerprint density at radius 2 is 2.11 bits per heavy atom. The lowest BCUT2D eigenvalue weighted by Crippen LogP contribution is -2.34. The molecule has 52 valence electrons. The number of nitrogens with one attached hydrogen (secondary N) is 2. The summed E-state index contributed by atoms with van der Waals surface area (Å²) in [5.41, 5.74) is 5.69. The van der Waals surface area contributed by atoms with Gasteiger partial charge in [0.2, 0.25) is 0 Å². The van der Waals surface area contributed by atoms with Crippen LogP contribution in [0.15, 0.2) is 11.6 Å². The van der Waals surface area contributed by atoms with Gasteiger partial charge in [0.15, 0.2) is 0 Å². The van der Waals surface area contributed by atoms with Crippen molar-refractivity contribution in [2.45, 2.75) is 13.8 Å². The summed E-state index contributed by atoms with van der Waals surface area (Å²) in [5, 5.41) is 0. The van der Waals surface area contributed by atoms with Crippen molar-refractivity contribution in [1.29, 1.82) is 0 Å². The lowest BCUT2D eigenvalue weighted by atomic mass is 10.3. The van der Waals surface area contributed by atoms with Gasteiger partial charge in [0, 0.05) is 12.6 Å². The first-order valence-corrected chi connectivity index (χ1v) is 2.82. The monoisotopic (exact) mass is 128 g/mol. The van der Waals surface area contributed by atoms with E-state index in [-0.39, 0.29) is 5.91 Å². The van der Waals surface area contributed by atoms with Crippen LogP contribution in [0.2, 0.25) is 0 Å². The molecule has 0 aromatic heterocycles. The summed E-state index contributed by atoms with van der Waals surface area (Å²) in [4.78, 5) is 10.7. The van der Waals surface area contributed by atoms with E-state index < -0.39 is 0 Å². The van der Waals surface area contributed by atoms with Gasteiger partial charge >= 0.3 is 0 Å².